The maximum Gasteiger partial charge on any atom is 0.305 e. The lowest BCUT2D eigenvalue weighted by Crippen LogP contribution is -2.53. The van der Waals surface area contributed by atoms with E-state index in [0.717, 1.165) is 32.2 Å². The third-order valence-corrected chi connectivity index (χ3v) is 2.98. The Morgan fingerprint density at radius 3 is 2.75 bits per heavy atom. The molecule has 1 saturated heterocycles. The summed E-state index contributed by atoms with van der Waals surface area (Å²) in [5.41, 5.74) is -0.451. The van der Waals surface area contributed by atoms with Crippen molar-refractivity contribution in [1.82, 2.24) is 10.6 Å². The lowest BCUT2D eigenvalue weighted by molar-refractivity contribution is -0.137. The van der Waals surface area contributed by atoms with Crippen LogP contribution in [-0.4, -0.2) is 35.6 Å². The van der Waals surface area contributed by atoms with Crippen LogP contribution in [0.3, 0.4) is 0 Å². The minimum Gasteiger partial charge on any atom is -0.481 e. The summed E-state index contributed by atoms with van der Waals surface area (Å²) in [4.78, 5) is 22.3. The van der Waals surface area contributed by atoms with E-state index in [2.05, 4.69) is 10.6 Å². The SMILES string of the molecule is CCCC1(C(=O)NCCC(=O)O)CCCN1. The van der Waals surface area contributed by atoms with Gasteiger partial charge in [-0.2, -0.15) is 0 Å². The van der Waals surface area contributed by atoms with Crippen molar-refractivity contribution in [2.24, 2.45) is 0 Å². The van der Waals surface area contributed by atoms with Gasteiger partial charge in [0.2, 0.25) is 5.91 Å². The minimum absolute atomic E-state index is 0.0199. The van der Waals surface area contributed by atoms with E-state index in [-0.39, 0.29) is 18.9 Å². The van der Waals surface area contributed by atoms with E-state index < -0.39 is 11.5 Å². The maximum absolute atomic E-state index is 12.0. The zero-order valence-electron chi connectivity index (χ0n) is 9.71. The van der Waals surface area contributed by atoms with Gasteiger partial charge in [-0.05, 0) is 25.8 Å². The number of nitrogens with one attached hydrogen (secondary N) is 2. The molecule has 0 bridgehead atoms. The van der Waals surface area contributed by atoms with Crippen molar-refractivity contribution in [2.45, 2.75) is 44.6 Å². The van der Waals surface area contributed by atoms with Crippen molar-refractivity contribution >= 4 is 11.9 Å². The van der Waals surface area contributed by atoms with Crippen LogP contribution in [-0.2, 0) is 9.59 Å². The first kappa shape index (κ1) is 13.0. The fourth-order valence-electron chi connectivity index (χ4n) is 2.21. The summed E-state index contributed by atoms with van der Waals surface area (Å²) in [7, 11) is 0. The first-order chi connectivity index (χ1) is 7.60. The van der Waals surface area contributed by atoms with Crippen molar-refractivity contribution < 1.29 is 14.7 Å². The van der Waals surface area contributed by atoms with Crippen LogP contribution in [0.25, 0.3) is 0 Å². The molecule has 1 fully saturated rings. The standard InChI is InChI=1S/C11H20N2O3/c1-2-5-11(6-3-7-13-11)10(16)12-8-4-9(14)15/h13H,2-8H2,1H3,(H,12,16)(H,14,15). The monoisotopic (exact) mass is 228 g/mol. The van der Waals surface area contributed by atoms with Gasteiger partial charge >= 0.3 is 5.97 Å². The summed E-state index contributed by atoms with van der Waals surface area (Å²) in [6, 6.07) is 0. The molecule has 0 aromatic rings. The predicted molar refractivity (Wildman–Crippen MR) is 60.1 cm³/mol. The number of carbonyl (C=O) groups is 2. The second-order valence-corrected chi connectivity index (χ2v) is 4.26. The Morgan fingerprint density at radius 1 is 1.50 bits per heavy atom. The zero-order valence-corrected chi connectivity index (χ0v) is 9.71. The fraction of sp³-hybridized carbons (Fsp3) is 0.818. The second-order valence-electron chi connectivity index (χ2n) is 4.26. The number of carboxylic acids is 1. The zero-order chi connectivity index (χ0) is 12.0. The largest absolute Gasteiger partial charge is 0.481 e. The normalized spacial score (nSPS) is 24.3. The lowest BCUT2D eigenvalue weighted by atomic mass is 9.91. The summed E-state index contributed by atoms with van der Waals surface area (Å²) in [5.74, 6) is -0.933. The number of hydrogen-bond acceptors (Lipinski definition) is 3. The number of carboxylic acid groups (broad SMARTS) is 1. The molecule has 0 spiro atoms. The van der Waals surface area contributed by atoms with E-state index >= 15 is 0 Å². The summed E-state index contributed by atoms with van der Waals surface area (Å²) >= 11 is 0. The maximum atomic E-state index is 12.0. The molecule has 3 N–H and O–H groups in total. The lowest BCUT2D eigenvalue weighted by Gasteiger charge is -2.27. The molecule has 0 aromatic carbocycles. The Hall–Kier alpha value is -1.10. The highest BCUT2D eigenvalue weighted by molar-refractivity contribution is 5.87. The Morgan fingerprint density at radius 2 is 2.25 bits per heavy atom. The van der Waals surface area contributed by atoms with Gasteiger partial charge in [0.1, 0.15) is 0 Å². The number of carbonyl (C=O) groups excluding carboxylic acids is 1. The fourth-order valence-corrected chi connectivity index (χ4v) is 2.21. The smallest absolute Gasteiger partial charge is 0.305 e. The molecule has 0 saturated carbocycles. The third kappa shape index (κ3) is 3.20. The molecule has 5 nitrogen and oxygen atoms in total. The van der Waals surface area contributed by atoms with Crippen LogP contribution >= 0.6 is 0 Å². The summed E-state index contributed by atoms with van der Waals surface area (Å²) < 4.78 is 0. The van der Waals surface area contributed by atoms with Gasteiger partial charge in [0.05, 0.1) is 12.0 Å². The molecule has 0 aromatic heterocycles. The number of hydrogen-bond donors (Lipinski definition) is 3. The van der Waals surface area contributed by atoms with Gasteiger partial charge in [-0.25, -0.2) is 0 Å². The van der Waals surface area contributed by atoms with Crippen LogP contribution in [0.4, 0.5) is 0 Å². The third-order valence-electron chi connectivity index (χ3n) is 2.98. The van der Waals surface area contributed by atoms with Crippen LogP contribution < -0.4 is 10.6 Å². The topological polar surface area (TPSA) is 78.4 Å². The molecular weight excluding hydrogens is 208 g/mol. The van der Waals surface area contributed by atoms with Gasteiger partial charge in [-0.1, -0.05) is 13.3 Å². The Labute approximate surface area is 95.6 Å². The van der Waals surface area contributed by atoms with Crippen LogP contribution in [0.15, 0.2) is 0 Å². The molecule has 1 aliphatic heterocycles. The van der Waals surface area contributed by atoms with Crippen molar-refractivity contribution in [3.05, 3.63) is 0 Å². The van der Waals surface area contributed by atoms with Crippen LogP contribution in [0.5, 0.6) is 0 Å². The Kier molecular flexibility index (Phi) is 4.73. The van der Waals surface area contributed by atoms with E-state index in [1.165, 1.54) is 0 Å². The first-order valence-electron chi connectivity index (χ1n) is 5.86. The average Bonchev–Trinajstić information content (AvgIpc) is 2.67. The van der Waals surface area contributed by atoms with E-state index in [9.17, 15) is 9.59 Å². The Bertz CT molecular complexity index is 260. The van der Waals surface area contributed by atoms with Gasteiger partial charge in [-0.15, -0.1) is 0 Å². The molecule has 1 heterocycles. The molecule has 92 valence electrons. The molecule has 0 aliphatic carbocycles. The quantitative estimate of drug-likeness (QED) is 0.618. The van der Waals surface area contributed by atoms with E-state index in [1.807, 2.05) is 6.92 Å². The van der Waals surface area contributed by atoms with Gasteiger partial charge in [0.15, 0.2) is 0 Å². The molecular formula is C11H20N2O3. The number of rotatable bonds is 6. The number of aliphatic carboxylic acids is 1. The molecule has 1 atom stereocenters. The molecule has 0 radical (unpaired) electrons. The van der Waals surface area contributed by atoms with Crippen molar-refractivity contribution in [2.75, 3.05) is 13.1 Å². The van der Waals surface area contributed by atoms with Gasteiger partial charge in [0, 0.05) is 6.54 Å². The summed E-state index contributed by atoms with van der Waals surface area (Å²) in [6.07, 6.45) is 3.59. The summed E-state index contributed by atoms with van der Waals surface area (Å²) in [5, 5.41) is 14.4. The Balaban J connectivity index is 2.45. The molecule has 1 unspecified atom stereocenters. The van der Waals surface area contributed by atoms with E-state index in [4.69, 9.17) is 5.11 Å². The van der Waals surface area contributed by atoms with Gasteiger partial charge in [-0.3, -0.25) is 9.59 Å². The van der Waals surface area contributed by atoms with E-state index in [0.29, 0.717) is 0 Å². The average molecular weight is 228 g/mol. The molecule has 1 amide bonds. The number of amides is 1. The summed E-state index contributed by atoms with van der Waals surface area (Å²) in [6.45, 7) is 3.12. The van der Waals surface area contributed by atoms with Gasteiger partial charge in [0.25, 0.3) is 0 Å². The predicted octanol–water partition coefficient (Wildman–Crippen LogP) is 0.500. The van der Waals surface area contributed by atoms with Crippen molar-refractivity contribution in [3.63, 3.8) is 0 Å². The molecule has 1 aliphatic rings. The molecule has 1 rings (SSSR count). The van der Waals surface area contributed by atoms with Crippen molar-refractivity contribution in [1.29, 1.82) is 0 Å². The van der Waals surface area contributed by atoms with Crippen LogP contribution in [0.2, 0.25) is 0 Å². The molecule has 16 heavy (non-hydrogen) atoms. The van der Waals surface area contributed by atoms with Crippen LogP contribution in [0.1, 0.15) is 39.0 Å². The highest BCUT2D eigenvalue weighted by Gasteiger charge is 2.39. The molecule has 5 heteroatoms. The van der Waals surface area contributed by atoms with Crippen molar-refractivity contribution in [3.8, 4) is 0 Å². The highest BCUT2D eigenvalue weighted by Crippen LogP contribution is 2.24. The second kappa shape index (κ2) is 5.84. The van der Waals surface area contributed by atoms with Gasteiger partial charge < -0.3 is 15.7 Å². The van der Waals surface area contributed by atoms with E-state index in [1.54, 1.807) is 0 Å². The highest BCUT2D eigenvalue weighted by atomic mass is 16.4. The van der Waals surface area contributed by atoms with Crippen LogP contribution in [0, 0.1) is 0 Å². The minimum atomic E-state index is -0.885. The first-order valence-corrected chi connectivity index (χ1v) is 5.86.